The Hall–Kier alpha value is -2.97. The molecular formula is C23H33N5O4. The average Bonchev–Trinajstić information content (AvgIpc) is 3.21. The topological polar surface area (TPSA) is 110 Å². The van der Waals surface area contributed by atoms with E-state index >= 15 is 0 Å². The van der Waals surface area contributed by atoms with Gasteiger partial charge >= 0.3 is 6.09 Å². The lowest BCUT2D eigenvalue weighted by atomic mass is 9.93. The van der Waals surface area contributed by atoms with Crippen molar-refractivity contribution in [1.29, 1.82) is 0 Å². The molecule has 1 N–H and O–H groups in total. The first kappa shape index (κ1) is 23.7. The van der Waals surface area contributed by atoms with Crippen LogP contribution in [0.3, 0.4) is 0 Å². The van der Waals surface area contributed by atoms with Crippen molar-refractivity contribution >= 4 is 12.0 Å². The second kappa shape index (κ2) is 10.1. The lowest BCUT2D eigenvalue weighted by Gasteiger charge is -2.33. The van der Waals surface area contributed by atoms with Crippen molar-refractivity contribution in [3.05, 3.63) is 30.4 Å². The number of nitrogens with zero attached hydrogens (tertiary/aromatic N) is 4. The van der Waals surface area contributed by atoms with Crippen LogP contribution in [0, 0.1) is 11.8 Å². The standard InChI is InChI=1S/C23H33N5O4/c1-15(2)19(21-26-20(27-32-21)17-6-10-24-11-7-17)25-18(29)14-16-8-12-28(13-9-16)22(30)31-23(3,4)5/h6-7,10-11,15-16,19H,8-9,12-14H2,1-5H3,(H,25,29). The van der Waals surface area contributed by atoms with Crippen LogP contribution in [0.4, 0.5) is 4.79 Å². The van der Waals surface area contributed by atoms with Crippen LogP contribution in [-0.4, -0.2) is 50.7 Å². The van der Waals surface area contributed by atoms with Gasteiger partial charge in [0.1, 0.15) is 11.6 Å². The summed E-state index contributed by atoms with van der Waals surface area (Å²) >= 11 is 0. The van der Waals surface area contributed by atoms with E-state index < -0.39 is 5.60 Å². The minimum atomic E-state index is -0.508. The average molecular weight is 444 g/mol. The molecule has 0 spiro atoms. The van der Waals surface area contributed by atoms with Crippen molar-refractivity contribution in [3.63, 3.8) is 0 Å². The van der Waals surface area contributed by atoms with Crippen molar-refractivity contribution < 1.29 is 18.8 Å². The lowest BCUT2D eigenvalue weighted by Crippen LogP contribution is -2.42. The van der Waals surface area contributed by atoms with E-state index in [0.717, 1.165) is 18.4 Å². The van der Waals surface area contributed by atoms with Gasteiger partial charge in [0.15, 0.2) is 0 Å². The highest BCUT2D eigenvalue weighted by molar-refractivity contribution is 5.76. The Morgan fingerprint density at radius 1 is 1.22 bits per heavy atom. The fourth-order valence-electron chi connectivity index (χ4n) is 3.63. The van der Waals surface area contributed by atoms with Gasteiger partial charge in [-0.2, -0.15) is 4.98 Å². The van der Waals surface area contributed by atoms with Crippen molar-refractivity contribution in [2.24, 2.45) is 11.8 Å². The smallest absolute Gasteiger partial charge is 0.410 e. The van der Waals surface area contributed by atoms with Crippen LogP contribution in [0.1, 0.15) is 65.8 Å². The zero-order valence-corrected chi connectivity index (χ0v) is 19.5. The summed E-state index contributed by atoms with van der Waals surface area (Å²) in [5.41, 5.74) is 0.298. The first-order valence-corrected chi connectivity index (χ1v) is 11.1. The van der Waals surface area contributed by atoms with Crippen molar-refractivity contribution in [2.45, 2.75) is 65.5 Å². The van der Waals surface area contributed by atoms with E-state index in [2.05, 4.69) is 20.4 Å². The maximum atomic E-state index is 12.8. The number of rotatable bonds is 6. The van der Waals surface area contributed by atoms with Gasteiger partial charge in [0.2, 0.25) is 17.6 Å². The van der Waals surface area contributed by atoms with Gasteiger partial charge in [0, 0.05) is 37.5 Å². The summed E-state index contributed by atoms with van der Waals surface area (Å²) in [4.78, 5) is 35.2. The van der Waals surface area contributed by atoms with E-state index in [1.165, 1.54) is 0 Å². The molecule has 1 fully saturated rings. The molecule has 0 aliphatic carbocycles. The number of carbonyl (C=O) groups is 2. The molecule has 32 heavy (non-hydrogen) atoms. The Kier molecular flexibility index (Phi) is 7.48. The highest BCUT2D eigenvalue weighted by atomic mass is 16.6. The number of nitrogens with one attached hydrogen (secondary N) is 1. The predicted octanol–water partition coefficient (Wildman–Crippen LogP) is 3.98. The number of ether oxygens (including phenoxy) is 1. The summed E-state index contributed by atoms with van der Waals surface area (Å²) in [7, 11) is 0. The summed E-state index contributed by atoms with van der Waals surface area (Å²) in [6, 6.07) is 3.25. The fourth-order valence-corrected chi connectivity index (χ4v) is 3.63. The van der Waals surface area contributed by atoms with Gasteiger partial charge in [-0.1, -0.05) is 19.0 Å². The minimum Gasteiger partial charge on any atom is -0.444 e. The third-order valence-corrected chi connectivity index (χ3v) is 5.37. The molecule has 9 nitrogen and oxygen atoms in total. The highest BCUT2D eigenvalue weighted by Crippen LogP contribution is 2.26. The lowest BCUT2D eigenvalue weighted by molar-refractivity contribution is -0.123. The largest absolute Gasteiger partial charge is 0.444 e. The quantitative estimate of drug-likeness (QED) is 0.719. The molecule has 174 valence electrons. The maximum Gasteiger partial charge on any atom is 0.410 e. The molecule has 2 amide bonds. The number of carbonyl (C=O) groups excluding carboxylic acids is 2. The van der Waals surface area contributed by atoms with Crippen LogP contribution in [0.5, 0.6) is 0 Å². The number of hydrogen-bond acceptors (Lipinski definition) is 7. The van der Waals surface area contributed by atoms with Gasteiger partial charge in [0.25, 0.3) is 0 Å². The van der Waals surface area contributed by atoms with Crippen LogP contribution in [0.15, 0.2) is 29.0 Å². The molecule has 3 rings (SSSR count). The Morgan fingerprint density at radius 3 is 2.47 bits per heavy atom. The Labute approximate surface area is 188 Å². The summed E-state index contributed by atoms with van der Waals surface area (Å²) in [5, 5.41) is 7.11. The maximum absolute atomic E-state index is 12.8. The van der Waals surface area contributed by atoms with Gasteiger partial charge in [-0.05, 0) is 57.6 Å². The van der Waals surface area contributed by atoms with Crippen molar-refractivity contribution in [1.82, 2.24) is 25.3 Å². The van der Waals surface area contributed by atoms with Gasteiger partial charge in [0.05, 0.1) is 0 Å². The van der Waals surface area contributed by atoms with E-state index in [1.54, 1.807) is 29.4 Å². The number of hydrogen-bond donors (Lipinski definition) is 1. The minimum absolute atomic E-state index is 0.0527. The Balaban J connectivity index is 1.53. The highest BCUT2D eigenvalue weighted by Gasteiger charge is 2.30. The van der Waals surface area contributed by atoms with Gasteiger partial charge in [-0.25, -0.2) is 4.79 Å². The first-order valence-electron chi connectivity index (χ1n) is 11.1. The zero-order chi connectivity index (χ0) is 23.3. The molecule has 0 aromatic carbocycles. The molecular weight excluding hydrogens is 410 g/mol. The number of piperidine rings is 1. The molecule has 1 aliphatic rings. The molecule has 2 aromatic rings. The van der Waals surface area contributed by atoms with Gasteiger partial charge in [-0.15, -0.1) is 0 Å². The Bertz CT molecular complexity index is 899. The van der Waals surface area contributed by atoms with E-state index in [-0.39, 0.29) is 29.9 Å². The van der Waals surface area contributed by atoms with E-state index in [9.17, 15) is 9.59 Å². The molecule has 1 aliphatic heterocycles. The number of amides is 2. The fraction of sp³-hybridized carbons (Fsp3) is 0.609. The van der Waals surface area contributed by atoms with Crippen molar-refractivity contribution in [3.8, 4) is 11.4 Å². The summed E-state index contributed by atoms with van der Waals surface area (Å²) in [6.07, 6.45) is 4.98. The molecule has 1 saturated heterocycles. The van der Waals surface area contributed by atoms with E-state index in [0.29, 0.717) is 31.2 Å². The normalized spacial score (nSPS) is 16.1. The molecule has 9 heteroatoms. The van der Waals surface area contributed by atoms with Crippen LogP contribution < -0.4 is 5.32 Å². The van der Waals surface area contributed by atoms with Crippen LogP contribution in [0.25, 0.3) is 11.4 Å². The third kappa shape index (κ3) is 6.51. The third-order valence-electron chi connectivity index (χ3n) is 5.37. The van der Waals surface area contributed by atoms with E-state index in [1.807, 2.05) is 34.6 Å². The molecule has 0 saturated carbocycles. The molecule has 1 unspecified atom stereocenters. The van der Waals surface area contributed by atoms with Crippen LogP contribution in [-0.2, 0) is 9.53 Å². The molecule has 2 aromatic heterocycles. The number of pyridine rings is 1. The van der Waals surface area contributed by atoms with E-state index in [4.69, 9.17) is 9.26 Å². The van der Waals surface area contributed by atoms with Crippen LogP contribution in [0.2, 0.25) is 0 Å². The molecule has 0 bridgehead atoms. The second-order valence-corrected chi connectivity index (χ2v) is 9.60. The number of aromatic nitrogens is 3. The molecule has 0 radical (unpaired) electrons. The monoisotopic (exact) mass is 443 g/mol. The summed E-state index contributed by atoms with van der Waals surface area (Å²) in [5.74, 6) is 1.11. The molecule has 3 heterocycles. The first-order chi connectivity index (χ1) is 15.1. The summed E-state index contributed by atoms with van der Waals surface area (Å²) < 4.78 is 10.9. The van der Waals surface area contributed by atoms with Gasteiger partial charge < -0.3 is 19.5 Å². The predicted molar refractivity (Wildman–Crippen MR) is 118 cm³/mol. The summed E-state index contributed by atoms with van der Waals surface area (Å²) in [6.45, 7) is 10.8. The SMILES string of the molecule is CC(C)C(NC(=O)CC1CCN(C(=O)OC(C)(C)C)CC1)c1nc(-c2ccncc2)no1. The van der Waals surface area contributed by atoms with Gasteiger partial charge in [-0.3, -0.25) is 9.78 Å². The number of likely N-dealkylation sites (tertiary alicyclic amines) is 1. The zero-order valence-electron chi connectivity index (χ0n) is 19.5. The second-order valence-electron chi connectivity index (χ2n) is 9.60. The molecule has 1 atom stereocenters. The van der Waals surface area contributed by atoms with Crippen molar-refractivity contribution in [2.75, 3.05) is 13.1 Å². The van der Waals surface area contributed by atoms with Crippen LogP contribution >= 0.6 is 0 Å². The Morgan fingerprint density at radius 2 is 1.88 bits per heavy atom.